The third-order valence-electron chi connectivity index (χ3n) is 3.59. The average molecular weight is 491 g/mol. The highest BCUT2D eigenvalue weighted by Gasteiger charge is 2.41. The predicted molar refractivity (Wildman–Crippen MR) is 106 cm³/mol. The summed E-state index contributed by atoms with van der Waals surface area (Å²) < 4.78 is 16.3. The van der Waals surface area contributed by atoms with E-state index in [2.05, 4.69) is 27.3 Å². The van der Waals surface area contributed by atoms with E-state index < -0.39 is 23.2 Å². The van der Waals surface area contributed by atoms with E-state index >= 15 is 0 Å². The zero-order valence-electron chi connectivity index (χ0n) is 14.7. The molecule has 1 atom stereocenters. The smallest absolute Gasteiger partial charge is 0.328 e. The maximum atomic E-state index is 12.6. The van der Waals surface area contributed by atoms with Gasteiger partial charge in [-0.25, -0.2) is 4.79 Å². The van der Waals surface area contributed by atoms with E-state index in [4.69, 9.17) is 9.47 Å². The lowest BCUT2D eigenvalue weighted by atomic mass is 10.1. The first-order valence-corrected chi connectivity index (χ1v) is 9.58. The Hall–Kier alpha value is -1.75. The Morgan fingerprint density at radius 1 is 1.35 bits per heavy atom. The van der Waals surface area contributed by atoms with Crippen molar-refractivity contribution in [1.29, 1.82) is 0 Å². The largest absolute Gasteiger partial charge is 0.492 e. The normalized spacial score (nSPS) is 16.8. The standard InChI is InChI=1S/C17H18INO6S/c1-5-25-12-7-10(6-11(18)14(12)23-3)8-13-15(20)19(17(22)26-13)9(2)16(21)24-4/h6-9H,5H2,1-4H3/b13-8+/t9-/m0/s1. The molecule has 1 aliphatic heterocycles. The van der Waals surface area contributed by atoms with Crippen molar-refractivity contribution in [3.63, 3.8) is 0 Å². The number of carbonyl (C=O) groups excluding carboxylic acids is 3. The number of amides is 2. The second kappa shape index (κ2) is 8.76. The summed E-state index contributed by atoms with van der Waals surface area (Å²) in [5.41, 5.74) is 0.690. The molecule has 1 fully saturated rings. The number of thioether (sulfide) groups is 1. The molecular weight excluding hydrogens is 473 g/mol. The first kappa shape index (κ1) is 20.6. The molecule has 0 spiro atoms. The van der Waals surface area contributed by atoms with Gasteiger partial charge in [-0.15, -0.1) is 0 Å². The third kappa shape index (κ3) is 4.14. The van der Waals surface area contributed by atoms with Gasteiger partial charge >= 0.3 is 5.97 Å². The van der Waals surface area contributed by atoms with Crippen LogP contribution in [0.2, 0.25) is 0 Å². The lowest BCUT2D eigenvalue weighted by Crippen LogP contribution is -2.42. The summed E-state index contributed by atoms with van der Waals surface area (Å²) in [4.78, 5) is 37.5. The number of nitrogens with zero attached hydrogens (tertiary/aromatic N) is 1. The number of carbonyl (C=O) groups is 3. The second-order valence-corrected chi connectivity index (χ2v) is 7.37. The Balaban J connectivity index is 2.37. The second-order valence-electron chi connectivity index (χ2n) is 5.22. The van der Waals surface area contributed by atoms with Gasteiger partial charge in [0.05, 0.1) is 29.3 Å². The van der Waals surface area contributed by atoms with Gasteiger partial charge in [-0.1, -0.05) is 0 Å². The Morgan fingerprint density at radius 3 is 2.62 bits per heavy atom. The molecule has 0 radical (unpaired) electrons. The van der Waals surface area contributed by atoms with E-state index in [1.807, 2.05) is 13.0 Å². The van der Waals surface area contributed by atoms with Gasteiger partial charge in [0.15, 0.2) is 11.5 Å². The van der Waals surface area contributed by atoms with Gasteiger partial charge in [-0.3, -0.25) is 14.5 Å². The van der Waals surface area contributed by atoms with Crippen LogP contribution in [0.3, 0.4) is 0 Å². The number of ether oxygens (including phenoxy) is 3. The van der Waals surface area contributed by atoms with Crippen LogP contribution >= 0.6 is 34.4 Å². The Kier molecular flexibility index (Phi) is 6.93. The summed E-state index contributed by atoms with van der Waals surface area (Å²) in [6, 6.07) is 2.58. The van der Waals surface area contributed by atoms with E-state index in [0.717, 1.165) is 20.2 Å². The molecule has 140 valence electrons. The molecule has 0 aliphatic carbocycles. The highest BCUT2D eigenvalue weighted by molar-refractivity contribution is 14.1. The van der Waals surface area contributed by atoms with Crippen molar-refractivity contribution in [2.24, 2.45) is 0 Å². The molecule has 0 aromatic heterocycles. The summed E-state index contributed by atoms with van der Waals surface area (Å²) in [6.07, 6.45) is 1.60. The van der Waals surface area contributed by atoms with Gasteiger partial charge in [-0.2, -0.15) is 0 Å². The van der Waals surface area contributed by atoms with Crippen LogP contribution in [0.15, 0.2) is 17.0 Å². The monoisotopic (exact) mass is 491 g/mol. The zero-order chi connectivity index (χ0) is 19.4. The van der Waals surface area contributed by atoms with E-state index in [1.54, 1.807) is 19.3 Å². The van der Waals surface area contributed by atoms with Crippen LogP contribution in [0, 0.1) is 3.57 Å². The maximum absolute atomic E-state index is 12.6. The van der Waals surface area contributed by atoms with Crippen molar-refractivity contribution in [1.82, 2.24) is 4.90 Å². The predicted octanol–water partition coefficient (Wildman–Crippen LogP) is 3.30. The van der Waals surface area contributed by atoms with Gasteiger partial charge in [0.2, 0.25) is 0 Å². The van der Waals surface area contributed by atoms with Crippen molar-refractivity contribution in [3.05, 3.63) is 26.2 Å². The number of halogens is 1. The summed E-state index contributed by atoms with van der Waals surface area (Å²) in [5.74, 6) is -0.0137. The number of rotatable bonds is 6. The maximum Gasteiger partial charge on any atom is 0.328 e. The van der Waals surface area contributed by atoms with E-state index in [0.29, 0.717) is 23.7 Å². The highest BCUT2D eigenvalue weighted by Crippen LogP contribution is 2.37. The van der Waals surface area contributed by atoms with Gasteiger partial charge in [-0.05, 0) is 72.0 Å². The summed E-state index contributed by atoms with van der Waals surface area (Å²) >= 11 is 2.90. The van der Waals surface area contributed by atoms with Crippen LogP contribution in [0.4, 0.5) is 4.79 Å². The van der Waals surface area contributed by atoms with Gasteiger partial charge in [0.1, 0.15) is 6.04 Å². The minimum Gasteiger partial charge on any atom is -0.492 e. The van der Waals surface area contributed by atoms with Crippen molar-refractivity contribution < 1.29 is 28.6 Å². The SMILES string of the molecule is CCOc1cc(/C=C2/SC(=O)N([C@@H](C)C(=O)OC)C2=O)cc(I)c1OC. The van der Waals surface area contributed by atoms with Crippen LogP contribution in [0.1, 0.15) is 19.4 Å². The van der Waals surface area contributed by atoms with Crippen molar-refractivity contribution >= 4 is 57.5 Å². The van der Waals surface area contributed by atoms with Crippen molar-refractivity contribution in [3.8, 4) is 11.5 Å². The molecule has 1 aromatic carbocycles. The lowest BCUT2D eigenvalue weighted by molar-refractivity contribution is -0.148. The van der Waals surface area contributed by atoms with Crippen LogP contribution in [0.25, 0.3) is 6.08 Å². The van der Waals surface area contributed by atoms with E-state index in [1.165, 1.54) is 14.0 Å². The van der Waals surface area contributed by atoms with Crippen LogP contribution in [-0.2, 0) is 14.3 Å². The molecule has 0 unspecified atom stereocenters. The summed E-state index contributed by atoms with van der Waals surface area (Å²) in [7, 11) is 2.77. The van der Waals surface area contributed by atoms with Gasteiger partial charge < -0.3 is 14.2 Å². The molecule has 2 rings (SSSR count). The number of esters is 1. The molecule has 1 saturated heterocycles. The zero-order valence-corrected chi connectivity index (χ0v) is 17.7. The topological polar surface area (TPSA) is 82.1 Å². The van der Waals surface area contributed by atoms with Gasteiger partial charge in [0, 0.05) is 0 Å². The molecule has 1 aromatic rings. The minimum absolute atomic E-state index is 0.231. The Morgan fingerprint density at radius 2 is 2.04 bits per heavy atom. The molecule has 0 N–H and O–H groups in total. The lowest BCUT2D eigenvalue weighted by Gasteiger charge is -2.18. The van der Waals surface area contributed by atoms with Gasteiger partial charge in [0.25, 0.3) is 11.1 Å². The molecule has 9 heteroatoms. The molecule has 7 nitrogen and oxygen atoms in total. The van der Waals surface area contributed by atoms with Crippen LogP contribution in [0.5, 0.6) is 11.5 Å². The molecule has 0 bridgehead atoms. The molecule has 2 amide bonds. The molecule has 1 aliphatic rings. The number of imide groups is 1. The number of hydrogen-bond donors (Lipinski definition) is 0. The van der Waals surface area contributed by atoms with E-state index in [-0.39, 0.29) is 4.91 Å². The molecule has 0 saturated carbocycles. The third-order valence-corrected chi connectivity index (χ3v) is 5.27. The minimum atomic E-state index is -0.978. The molecular formula is C17H18INO6S. The fourth-order valence-electron chi connectivity index (χ4n) is 2.37. The summed E-state index contributed by atoms with van der Waals surface area (Å²) in [5, 5.41) is -0.507. The first-order chi connectivity index (χ1) is 12.3. The molecule has 1 heterocycles. The Bertz CT molecular complexity index is 779. The number of hydrogen-bond acceptors (Lipinski definition) is 7. The van der Waals surface area contributed by atoms with Crippen LogP contribution in [-0.4, -0.2) is 48.9 Å². The average Bonchev–Trinajstić information content (AvgIpc) is 2.87. The summed E-state index contributed by atoms with van der Waals surface area (Å²) in [6.45, 7) is 3.77. The quantitative estimate of drug-likeness (QED) is 0.343. The fourth-order valence-corrected chi connectivity index (χ4v) is 4.13. The fraction of sp³-hybridized carbons (Fsp3) is 0.353. The Labute approximate surface area is 169 Å². The first-order valence-electron chi connectivity index (χ1n) is 7.69. The highest BCUT2D eigenvalue weighted by atomic mass is 127. The number of benzene rings is 1. The van der Waals surface area contributed by atoms with E-state index in [9.17, 15) is 14.4 Å². The van der Waals surface area contributed by atoms with Crippen LogP contribution < -0.4 is 9.47 Å². The molecule has 26 heavy (non-hydrogen) atoms. The number of methoxy groups -OCH3 is 2. The van der Waals surface area contributed by atoms with Crippen molar-refractivity contribution in [2.75, 3.05) is 20.8 Å². The van der Waals surface area contributed by atoms with Crippen molar-refractivity contribution in [2.45, 2.75) is 19.9 Å².